The Balaban J connectivity index is 1.56. The molecule has 0 bridgehead atoms. The molecule has 2 aliphatic heterocycles. The fourth-order valence-electron chi connectivity index (χ4n) is 5.00. The Hall–Kier alpha value is -4.08. The van der Waals surface area contributed by atoms with Gasteiger partial charge in [0.1, 0.15) is 36.8 Å². The zero-order valence-corrected chi connectivity index (χ0v) is 23.3. The molecule has 0 unspecified atom stereocenters. The molecule has 2 heterocycles. The molecule has 2 N–H and O–H groups in total. The molecule has 2 aromatic rings. The van der Waals surface area contributed by atoms with Crippen molar-refractivity contribution in [3.63, 3.8) is 0 Å². The molecule has 0 aromatic heterocycles. The standard InChI is InChI=1S/C30H38N4O6/c1-20(2)27-30(38)34-15-9-10-21(34)19-40-25-14-8-7-13-23(25)28(36)31-24(18-26(35)32-27)29(37)33(3)16-17-39-22-11-5-4-6-12-22/h4-8,11-14,20-21,24,27H,9-10,15-19H2,1-3H3,(H,31,36)(H,32,35)/t21-,24-,27+/m0/s1. The van der Waals surface area contributed by atoms with E-state index in [0.717, 1.165) is 12.8 Å². The van der Waals surface area contributed by atoms with E-state index in [9.17, 15) is 19.2 Å². The first-order chi connectivity index (χ1) is 19.2. The number of nitrogens with zero attached hydrogens (tertiary/aromatic N) is 2. The number of para-hydroxylation sites is 2. The van der Waals surface area contributed by atoms with Crippen molar-refractivity contribution in [2.75, 3.05) is 33.4 Å². The van der Waals surface area contributed by atoms with E-state index in [0.29, 0.717) is 18.0 Å². The van der Waals surface area contributed by atoms with Gasteiger partial charge in [0.2, 0.25) is 17.7 Å². The number of rotatable bonds is 6. The van der Waals surface area contributed by atoms with Crippen molar-refractivity contribution in [2.45, 2.75) is 51.2 Å². The van der Waals surface area contributed by atoms with Crippen molar-refractivity contribution >= 4 is 23.6 Å². The quantitative estimate of drug-likeness (QED) is 0.570. The predicted molar refractivity (Wildman–Crippen MR) is 149 cm³/mol. The molecule has 4 rings (SSSR count). The average Bonchev–Trinajstić information content (AvgIpc) is 3.42. The van der Waals surface area contributed by atoms with Crippen LogP contribution < -0.4 is 20.1 Å². The lowest BCUT2D eigenvalue weighted by atomic mass is 10.0. The number of fused-ring (bicyclic) bond motifs is 2. The summed E-state index contributed by atoms with van der Waals surface area (Å²) >= 11 is 0. The average molecular weight is 551 g/mol. The third kappa shape index (κ3) is 7.11. The summed E-state index contributed by atoms with van der Waals surface area (Å²) in [5.41, 5.74) is 0.253. The number of benzene rings is 2. The Labute approximate surface area is 235 Å². The van der Waals surface area contributed by atoms with Gasteiger partial charge >= 0.3 is 0 Å². The van der Waals surface area contributed by atoms with Crippen LogP contribution in [0.1, 0.15) is 43.5 Å². The lowest BCUT2D eigenvalue weighted by Gasteiger charge is -2.32. The van der Waals surface area contributed by atoms with Crippen LogP contribution in [0.4, 0.5) is 0 Å². The van der Waals surface area contributed by atoms with E-state index in [1.54, 1.807) is 36.2 Å². The van der Waals surface area contributed by atoms with Crippen LogP contribution in [0.2, 0.25) is 0 Å². The van der Waals surface area contributed by atoms with Gasteiger partial charge in [-0.05, 0) is 43.0 Å². The summed E-state index contributed by atoms with van der Waals surface area (Å²) in [7, 11) is 1.59. The summed E-state index contributed by atoms with van der Waals surface area (Å²) in [6.45, 7) is 5.01. The van der Waals surface area contributed by atoms with Gasteiger partial charge in [0.25, 0.3) is 5.91 Å². The van der Waals surface area contributed by atoms with Crippen LogP contribution in [0.3, 0.4) is 0 Å². The van der Waals surface area contributed by atoms with Crippen LogP contribution in [-0.4, -0.2) is 84.9 Å². The highest BCUT2D eigenvalue weighted by Gasteiger charge is 2.37. The summed E-state index contributed by atoms with van der Waals surface area (Å²) < 4.78 is 11.8. The van der Waals surface area contributed by atoms with Crippen LogP contribution in [0, 0.1) is 5.92 Å². The van der Waals surface area contributed by atoms with E-state index in [2.05, 4.69) is 10.6 Å². The number of hydrogen-bond acceptors (Lipinski definition) is 6. The van der Waals surface area contributed by atoms with Crippen molar-refractivity contribution < 1.29 is 28.7 Å². The number of nitrogens with one attached hydrogen (secondary N) is 2. The van der Waals surface area contributed by atoms with E-state index >= 15 is 0 Å². The third-order valence-corrected chi connectivity index (χ3v) is 7.28. The molecule has 0 saturated carbocycles. The maximum Gasteiger partial charge on any atom is 0.255 e. The Kier molecular flexibility index (Phi) is 9.63. The van der Waals surface area contributed by atoms with Gasteiger partial charge in [-0.2, -0.15) is 0 Å². The summed E-state index contributed by atoms with van der Waals surface area (Å²) in [5, 5.41) is 5.58. The van der Waals surface area contributed by atoms with Crippen LogP contribution in [0.25, 0.3) is 0 Å². The highest BCUT2D eigenvalue weighted by molar-refractivity contribution is 6.01. The topological polar surface area (TPSA) is 117 Å². The summed E-state index contributed by atoms with van der Waals surface area (Å²) in [4.78, 5) is 56.8. The number of carbonyl (C=O) groups excluding carboxylic acids is 4. The first-order valence-electron chi connectivity index (χ1n) is 13.8. The Morgan fingerprint density at radius 3 is 2.55 bits per heavy atom. The van der Waals surface area contributed by atoms with Crippen LogP contribution in [-0.2, 0) is 14.4 Å². The lowest BCUT2D eigenvalue weighted by Crippen LogP contribution is -2.55. The molecule has 0 spiro atoms. The smallest absolute Gasteiger partial charge is 0.255 e. The minimum absolute atomic E-state index is 0.161. The highest BCUT2D eigenvalue weighted by atomic mass is 16.5. The van der Waals surface area contributed by atoms with Gasteiger partial charge in [-0.25, -0.2) is 0 Å². The summed E-state index contributed by atoms with van der Waals surface area (Å²) in [6.07, 6.45) is 1.28. The van der Waals surface area contributed by atoms with E-state index in [-0.39, 0.29) is 49.6 Å². The first-order valence-corrected chi connectivity index (χ1v) is 13.8. The second-order valence-electron chi connectivity index (χ2n) is 10.6. The molecule has 0 radical (unpaired) electrons. The second-order valence-corrected chi connectivity index (χ2v) is 10.6. The summed E-state index contributed by atoms with van der Waals surface area (Å²) in [6, 6.07) is 13.9. The number of carbonyl (C=O) groups is 4. The molecule has 40 heavy (non-hydrogen) atoms. The van der Waals surface area contributed by atoms with Crippen molar-refractivity contribution in [3.8, 4) is 11.5 Å². The Morgan fingerprint density at radius 1 is 1.07 bits per heavy atom. The molecule has 2 aromatic carbocycles. The molecular weight excluding hydrogens is 512 g/mol. The Bertz CT molecular complexity index is 1200. The van der Waals surface area contributed by atoms with Crippen molar-refractivity contribution in [1.82, 2.24) is 20.4 Å². The minimum atomic E-state index is -1.16. The fraction of sp³-hybridized carbons (Fsp3) is 0.467. The molecule has 0 aliphatic carbocycles. The van der Waals surface area contributed by atoms with E-state index in [4.69, 9.17) is 9.47 Å². The SMILES string of the molecule is CC(C)[C@H]1NC(=O)C[C@@H](C(=O)N(C)CCOc2ccccc2)NC(=O)c2ccccc2OC[C@@H]2CCCN2C1=O. The van der Waals surface area contributed by atoms with Gasteiger partial charge in [0.15, 0.2) is 0 Å². The number of likely N-dealkylation sites (N-methyl/N-ethyl adjacent to an activating group) is 1. The zero-order chi connectivity index (χ0) is 28.6. The van der Waals surface area contributed by atoms with Crippen molar-refractivity contribution in [1.29, 1.82) is 0 Å². The lowest BCUT2D eigenvalue weighted by molar-refractivity contribution is -0.139. The molecule has 3 atom stereocenters. The highest BCUT2D eigenvalue weighted by Crippen LogP contribution is 2.24. The van der Waals surface area contributed by atoms with E-state index in [1.807, 2.05) is 44.2 Å². The number of ether oxygens (including phenoxy) is 2. The van der Waals surface area contributed by atoms with Gasteiger partial charge in [0.05, 0.1) is 24.6 Å². The molecule has 214 valence electrons. The molecule has 2 aliphatic rings. The van der Waals surface area contributed by atoms with Crippen molar-refractivity contribution in [2.24, 2.45) is 5.92 Å². The van der Waals surface area contributed by atoms with E-state index < -0.39 is 29.8 Å². The van der Waals surface area contributed by atoms with Gasteiger partial charge < -0.3 is 29.9 Å². The summed E-state index contributed by atoms with van der Waals surface area (Å²) in [5.74, 6) is -0.759. The number of hydrogen-bond donors (Lipinski definition) is 2. The maximum absolute atomic E-state index is 13.5. The maximum atomic E-state index is 13.5. The molecule has 1 saturated heterocycles. The first kappa shape index (κ1) is 28.9. The predicted octanol–water partition coefficient (Wildman–Crippen LogP) is 2.24. The van der Waals surface area contributed by atoms with Crippen LogP contribution in [0.15, 0.2) is 54.6 Å². The van der Waals surface area contributed by atoms with Crippen molar-refractivity contribution in [3.05, 3.63) is 60.2 Å². The minimum Gasteiger partial charge on any atom is -0.492 e. The largest absolute Gasteiger partial charge is 0.492 e. The molecular formula is C30H38N4O6. The molecule has 1 fully saturated rings. The second kappa shape index (κ2) is 13.3. The number of amides is 4. The van der Waals surface area contributed by atoms with Crippen LogP contribution in [0.5, 0.6) is 11.5 Å². The fourth-order valence-corrected chi connectivity index (χ4v) is 5.00. The Morgan fingerprint density at radius 2 is 1.80 bits per heavy atom. The van der Waals surface area contributed by atoms with Gasteiger partial charge in [0, 0.05) is 13.6 Å². The third-order valence-electron chi connectivity index (χ3n) is 7.28. The normalized spacial score (nSPS) is 21.9. The van der Waals surface area contributed by atoms with Gasteiger partial charge in [-0.1, -0.05) is 44.2 Å². The van der Waals surface area contributed by atoms with E-state index in [1.165, 1.54) is 4.90 Å². The molecule has 10 heteroatoms. The van der Waals surface area contributed by atoms with Crippen LogP contribution >= 0.6 is 0 Å². The molecule has 4 amide bonds. The van der Waals surface area contributed by atoms with Gasteiger partial charge in [-0.15, -0.1) is 0 Å². The zero-order valence-electron chi connectivity index (χ0n) is 23.3. The molecule has 10 nitrogen and oxygen atoms in total. The van der Waals surface area contributed by atoms with Gasteiger partial charge in [-0.3, -0.25) is 19.2 Å². The monoisotopic (exact) mass is 550 g/mol.